The number of carbonyl (C=O) groups is 3. The van der Waals surface area contributed by atoms with E-state index in [9.17, 15) is 27.6 Å². The SMILES string of the molecule is CCCCCCc1ccsc1-c1ccnc(-c2cc(C(F)(F)F)n[n-]2)c1.O=COc1cc(-c2nccc3nc(OC=O)sc23)nc(-c2nccc3nc(OC=O)sc23)c1.[N-]=C=S.[Ru+2]. The van der Waals surface area contributed by atoms with E-state index in [-0.39, 0.29) is 41.3 Å². The van der Waals surface area contributed by atoms with Gasteiger partial charge in [0.15, 0.2) is 0 Å². The number of ether oxygens (including phenoxy) is 3. The Hall–Kier alpha value is -6.09. The van der Waals surface area contributed by atoms with Gasteiger partial charge in [0.2, 0.25) is 0 Å². The average molecular weight is 1020 g/mol. The zero-order chi connectivity index (χ0) is 44.1. The van der Waals surface area contributed by atoms with E-state index in [0.717, 1.165) is 52.0 Å². The largest absolute Gasteiger partial charge is 2.00 e. The first-order chi connectivity index (χ1) is 30.1. The van der Waals surface area contributed by atoms with Crippen molar-refractivity contribution in [3.8, 4) is 60.7 Å². The van der Waals surface area contributed by atoms with Gasteiger partial charge in [-0.2, -0.15) is 18.3 Å². The number of nitrogens with zero attached hydrogens (tertiary/aromatic N) is 9. The molecular formula is C40H28F3N9O6RuS4. The first-order valence-corrected chi connectivity index (χ1v) is 21.0. The molecule has 0 amide bonds. The van der Waals surface area contributed by atoms with E-state index in [1.807, 2.05) is 6.07 Å². The molecule has 0 radical (unpaired) electrons. The van der Waals surface area contributed by atoms with E-state index in [1.54, 1.807) is 60.3 Å². The molecule has 0 fully saturated rings. The van der Waals surface area contributed by atoms with Crippen LogP contribution in [0.1, 0.15) is 43.9 Å². The van der Waals surface area contributed by atoms with Crippen molar-refractivity contribution in [1.29, 1.82) is 0 Å². The fourth-order valence-corrected chi connectivity index (χ4v) is 8.60. The molecule has 8 rings (SSSR count). The molecule has 0 spiro atoms. The number of isothiocyanates is 1. The van der Waals surface area contributed by atoms with Gasteiger partial charge in [0, 0.05) is 35.6 Å². The van der Waals surface area contributed by atoms with Gasteiger partial charge in [-0.05, 0) is 65.7 Å². The van der Waals surface area contributed by atoms with Gasteiger partial charge in [-0.3, -0.25) is 29.3 Å². The van der Waals surface area contributed by atoms with Crippen LogP contribution in [0.5, 0.6) is 16.1 Å². The number of rotatable bonds is 15. The van der Waals surface area contributed by atoms with Gasteiger partial charge >= 0.3 is 25.7 Å². The summed E-state index contributed by atoms with van der Waals surface area (Å²) in [5.74, 6) is 0.213. The Morgan fingerprint density at radius 3 is 1.90 bits per heavy atom. The zero-order valence-corrected chi connectivity index (χ0v) is 37.3. The molecule has 8 heterocycles. The van der Waals surface area contributed by atoms with E-state index in [1.165, 1.54) is 30.0 Å². The van der Waals surface area contributed by atoms with E-state index >= 15 is 0 Å². The van der Waals surface area contributed by atoms with Crippen LogP contribution in [0.4, 0.5) is 13.2 Å². The minimum Gasteiger partial charge on any atom is -0.753 e. The van der Waals surface area contributed by atoms with Gasteiger partial charge in [-0.15, -0.1) is 11.3 Å². The number of fused-ring (bicyclic) bond motifs is 2. The van der Waals surface area contributed by atoms with Crippen LogP contribution in [-0.4, -0.2) is 59.6 Å². The number of unbranched alkanes of at least 4 members (excludes halogenated alkanes) is 3. The maximum Gasteiger partial charge on any atom is 2.00 e. The van der Waals surface area contributed by atoms with Crippen molar-refractivity contribution >= 4 is 91.2 Å². The number of aromatic nitrogens is 8. The number of carbonyl (C=O) groups excluding carboxylic acids is 3. The maximum atomic E-state index is 12.7. The van der Waals surface area contributed by atoms with E-state index in [4.69, 9.17) is 19.6 Å². The number of thiazole rings is 2. The van der Waals surface area contributed by atoms with Crippen LogP contribution in [-0.2, 0) is 46.5 Å². The van der Waals surface area contributed by atoms with Crippen molar-refractivity contribution in [3.05, 3.63) is 89.2 Å². The van der Waals surface area contributed by atoms with Crippen molar-refractivity contribution in [2.45, 2.75) is 45.2 Å². The molecule has 0 saturated carbocycles. The molecule has 8 aromatic rings. The van der Waals surface area contributed by atoms with Crippen LogP contribution in [0, 0.1) is 0 Å². The van der Waals surface area contributed by atoms with Gasteiger partial charge in [0.1, 0.15) is 22.8 Å². The molecule has 0 unspecified atom stereocenters. The standard InChI is InChI=1S/C20H9N5O6S2.C19H19F3N3S.CNS.Ru/c26-7-29-10-5-13(15-17-11(1-3-21-15)24-19(32-17)30-8-27)23-14(6-10)16-18-12(2-4-22-16)25-20(33-18)31-9-28;1-2-3-4-5-6-13-8-10-26-18(13)14-7-9-23-15(11-14)16-12-17(25-24-16)19(20,21)22;2-1-3;/h1-9H;7-12H,2-6H2,1H3;;/q;2*-1;+2. The van der Waals surface area contributed by atoms with Gasteiger partial charge in [0.05, 0.1) is 37.5 Å². The fourth-order valence-electron chi connectivity index (χ4n) is 5.89. The van der Waals surface area contributed by atoms with Crippen LogP contribution in [0.2, 0.25) is 0 Å². The number of aryl methyl sites for hydroxylation is 1. The average Bonchev–Trinajstić information content (AvgIpc) is 4.09. The molecular weight excluding hydrogens is 989 g/mol. The molecule has 0 aromatic carbocycles. The van der Waals surface area contributed by atoms with Crippen molar-refractivity contribution in [2.24, 2.45) is 0 Å². The van der Waals surface area contributed by atoms with Crippen molar-refractivity contribution in [1.82, 2.24) is 40.1 Å². The number of thiophene rings is 1. The number of hydrogen-bond acceptors (Lipinski definition) is 17. The Labute approximate surface area is 385 Å². The Morgan fingerprint density at radius 1 is 0.778 bits per heavy atom. The van der Waals surface area contributed by atoms with Crippen molar-refractivity contribution in [3.63, 3.8) is 0 Å². The first kappa shape index (κ1) is 48.0. The van der Waals surface area contributed by atoms with E-state index < -0.39 is 11.9 Å². The normalized spacial score (nSPS) is 10.7. The van der Waals surface area contributed by atoms with Crippen LogP contribution in [0.3, 0.4) is 0 Å². The second-order valence-corrected chi connectivity index (χ2v) is 15.4. The number of thiocarbonyl (C=S) groups is 1. The summed E-state index contributed by atoms with van der Waals surface area (Å²) < 4.78 is 54.3. The molecule has 0 atom stereocenters. The summed E-state index contributed by atoms with van der Waals surface area (Å²) >= 11 is 7.58. The fraction of sp³-hybridized carbons (Fsp3) is 0.175. The quantitative estimate of drug-likeness (QED) is 0.0308. The van der Waals surface area contributed by atoms with Crippen LogP contribution in [0.25, 0.3) is 70.4 Å². The monoisotopic (exact) mass is 1020 g/mol. The van der Waals surface area contributed by atoms with Gasteiger partial charge < -0.3 is 29.8 Å². The Kier molecular flexibility index (Phi) is 17.4. The minimum atomic E-state index is -4.50. The van der Waals surface area contributed by atoms with Crippen molar-refractivity contribution in [2.75, 3.05) is 0 Å². The summed E-state index contributed by atoms with van der Waals surface area (Å²) in [5.41, 5.74) is 4.54. The molecule has 23 heteroatoms. The second-order valence-electron chi connectivity index (χ2n) is 12.4. The summed E-state index contributed by atoms with van der Waals surface area (Å²) in [5, 5.41) is 17.7. The molecule has 0 saturated heterocycles. The smallest absolute Gasteiger partial charge is 0.753 e. The summed E-state index contributed by atoms with van der Waals surface area (Å²) in [6.07, 6.45) is 5.97. The molecule has 0 aliphatic heterocycles. The molecule has 0 aliphatic rings. The molecule has 63 heavy (non-hydrogen) atoms. The third-order valence-electron chi connectivity index (χ3n) is 8.50. The topological polar surface area (TPSA) is 206 Å². The van der Waals surface area contributed by atoms with Gasteiger partial charge in [-0.1, -0.05) is 66.8 Å². The Morgan fingerprint density at radius 2 is 1.37 bits per heavy atom. The van der Waals surface area contributed by atoms with Gasteiger partial charge in [-0.25, -0.2) is 15.0 Å². The van der Waals surface area contributed by atoms with Crippen LogP contribution in [0.15, 0.2) is 72.5 Å². The molecule has 322 valence electrons. The van der Waals surface area contributed by atoms with Gasteiger partial charge in [0.25, 0.3) is 29.8 Å². The summed E-state index contributed by atoms with van der Waals surface area (Å²) in [7, 11) is 0. The summed E-state index contributed by atoms with van der Waals surface area (Å²) in [6, 6.07) is 13.2. The molecule has 8 aromatic heterocycles. The molecule has 0 bridgehead atoms. The Balaban J connectivity index is 0.000000226. The maximum absolute atomic E-state index is 12.7. The number of halogens is 3. The Bertz CT molecular complexity index is 2760. The molecule has 15 nitrogen and oxygen atoms in total. The predicted molar refractivity (Wildman–Crippen MR) is 230 cm³/mol. The second kappa shape index (κ2) is 22.8. The summed E-state index contributed by atoms with van der Waals surface area (Å²) in [6.45, 7) is 3.08. The van der Waals surface area contributed by atoms with E-state index in [2.05, 4.69) is 70.7 Å². The van der Waals surface area contributed by atoms with Crippen LogP contribution >= 0.6 is 46.2 Å². The zero-order valence-electron chi connectivity index (χ0n) is 32.3. The predicted octanol–water partition coefficient (Wildman–Crippen LogP) is 9.66. The number of hydrogen-bond donors (Lipinski definition) is 0. The van der Waals surface area contributed by atoms with Crippen LogP contribution < -0.4 is 19.3 Å². The number of alkyl halides is 3. The third-order valence-corrected chi connectivity index (χ3v) is 11.4. The minimum absolute atomic E-state index is 0. The molecule has 0 N–H and O–H groups in total. The first-order valence-electron chi connectivity index (χ1n) is 18.1. The number of pyridine rings is 4. The third kappa shape index (κ3) is 12.1. The molecule has 0 aliphatic carbocycles. The van der Waals surface area contributed by atoms with E-state index in [0.29, 0.717) is 68.3 Å². The van der Waals surface area contributed by atoms with Crippen molar-refractivity contribution < 1.29 is 61.2 Å². The summed E-state index contributed by atoms with van der Waals surface area (Å²) in [4.78, 5) is 59.7.